The lowest BCUT2D eigenvalue weighted by atomic mass is 9.46. The van der Waals surface area contributed by atoms with Gasteiger partial charge >= 0.3 is 0 Å². The number of amides is 2. The zero-order valence-electron chi connectivity index (χ0n) is 26.0. The summed E-state index contributed by atoms with van der Waals surface area (Å²) in [4.78, 5) is 51.1. The fraction of sp³-hybridized carbons (Fsp3) is 0.367. The molecule has 0 spiro atoms. The average molecular weight is 670 g/mol. The van der Waals surface area contributed by atoms with E-state index in [1.807, 2.05) is 16.7 Å². The number of fused-ring (bicyclic) bond motifs is 1. The molecule has 6 rings (SSSR count). The number of anilines is 2. The van der Waals surface area contributed by atoms with Gasteiger partial charge in [-0.3, -0.25) is 14.4 Å². The van der Waals surface area contributed by atoms with E-state index in [9.17, 15) is 23.9 Å². The van der Waals surface area contributed by atoms with Gasteiger partial charge in [0.2, 0.25) is 11.7 Å². The largest absolute Gasteiger partial charge is 0.504 e. The van der Waals surface area contributed by atoms with Gasteiger partial charge in [-0.25, -0.2) is 14.4 Å². The Bertz CT molecular complexity index is 2050. The summed E-state index contributed by atoms with van der Waals surface area (Å²) < 4.78 is 32.2. The number of aromatic hydroxyl groups is 1. The second-order valence-corrected chi connectivity index (χ2v) is 12.8. The minimum absolute atomic E-state index is 0.0219. The number of piperazine rings is 1. The summed E-state index contributed by atoms with van der Waals surface area (Å²) >= 11 is 6.41. The van der Waals surface area contributed by atoms with Gasteiger partial charge in [0.1, 0.15) is 18.0 Å². The van der Waals surface area contributed by atoms with Crippen molar-refractivity contribution in [2.24, 2.45) is 12.8 Å². The monoisotopic (exact) mass is 670 g/mol. The highest BCUT2D eigenvalue weighted by molar-refractivity contribution is 6.46. The minimum Gasteiger partial charge on any atom is -0.504 e. The molecule has 48 heavy (non-hydrogen) atoms. The van der Waals surface area contributed by atoms with Crippen LogP contribution in [0.2, 0.25) is 10.3 Å². The maximum Gasteiger partial charge on any atom is 0.263 e. The molecule has 4 aromatic rings. The molecule has 242 valence electrons. The summed E-state index contributed by atoms with van der Waals surface area (Å²) in [5, 5.41) is 10.9. The van der Waals surface area contributed by atoms with Crippen molar-refractivity contribution in [3.63, 3.8) is 0 Å². The molecule has 1 aliphatic heterocycles. The van der Waals surface area contributed by atoms with Gasteiger partial charge in [0.05, 0.1) is 57.7 Å². The Balaban J connectivity index is 1.27. The Hall–Kier alpha value is -4.37. The van der Waals surface area contributed by atoms with Crippen LogP contribution in [0.4, 0.5) is 20.3 Å². The highest BCUT2D eigenvalue weighted by Gasteiger charge is 2.51. The number of benzene rings is 1. The Morgan fingerprint density at radius 2 is 1.90 bits per heavy atom. The van der Waals surface area contributed by atoms with Crippen LogP contribution < -0.4 is 21.5 Å². The molecule has 18 heteroatoms. The summed E-state index contributed by atoms with van der Waals surface area (Å²) in [6, 6.07) is 2.40. The van der Waals surface area contributed by atoms with Gasteiger partial charge in [-0.05, 0) is 13.0 Å². The lowest BCUT2D eigenvalue weighted by molar-refractivity contribution is -0.116. The molecule has 1 saturated carbocycles. The zero-order valence-corrected chi connectivity index (χ0v) is 26.8. The maximum atomic E-state index is 15.2. The molecule has 2 fully saturated rings. The molecule has 6 radical (unpaired) electrons. The number of hydrogen-bond donors (Lipinski definition) is 3. The van der Waals surface area contributed by atoms with Gasteiger partial charge in [0.15, 0.2) is 11.6 Å². The lowest BCUT2D eigenvalue weighted by Gasteiger charge is -2.51. The third-order valence-electron chi connectivity index (χ3n) is 9.13. The first kappa shape index (κ1) is 33.5. The van der Waals surface area contributed by atoms with Crippen LogP contribution in [0.15, 0.2) is 35.6 Å². The minimum atomic E-state index is -1.73. The molecule has 1 atom stereocenters. The van der Waals surface area contributed by atoms with Crippen LogP contribution >= 0.6 is 11.6 Å². The van der Waals surface area contributed by atoms with Crippen LogP contribution in [-0.4, -0.2) is 95.5 Å². The van der Waals surface area contributed by atoms with E-state index in [4.69, 9.17) is 40.9 Å². The van der Waals surface area contributed by atoms with Crippen molar-refractivity contribution in [2.75, 3.05) is 29.9 Å². The van der Waals surface area contributed by atoms with Crippen molar-refractivity contribution in [1.29, 1.82) is 0 Å². The first-order valence-electron chi connectivity index (χ1n) is 14.9. The average Bonchev–Trinajstić information content (AvgIpc) is 3.70. The second kappa shape index (κ2) is 12.0. The number of carbonyl (C=O) groups excluding carboxylic acids is 2. The lowest BCUT2D eigenvalue weighted by Crippen LogP contribution is -2.63. The topological polar surface area (TPSA) is 152 Å². The molecule has 0 bridgehead atoms. The molecule has 1 aliphatic carbocycles. The van der Waals surface area contributed by atoms with E-state index in [1.165, 1.54) is 30.3 Å². The fourth-order valence-electron chi connectivity index (χ4n) is 6.10. The summed E-state index contributed by atoms with van der Waals surface area (Å²) in [5.41, 5.74) is 3.43. The van der Waals surface area contributed by atoms with Crippen molar-refractivity contribution >= 4 is 69.5 Å². The number of primary amides is 1. The first-order valence-corrected chi connectivity index (χ1v) is 15.3. The number of nitrogens with zero attached hydrogens (tertiary/aromatic N) is 6. The number of hydrogen-bond acceptors (Lipinski definition) is 8. The van der Waals surface area contributed by atoms with E-state index in [1.54, 1.807) is 6.07 Å². The summed E-state index contributed by atoms with van der Waals surface area (Å²) in [5.74, 6) is -5.79. The SMILES string of the molecule is [B]C1(C([B])([B])N2CCN(c3cc(NC(=O)Cn4cc(-c5cc(C(N)=O)c(O)c(F)c5F)c5c(=O)n(C)cnc54)c(Cl)cn3)[C@@H](C)C2)CC1. The Morgan fingerprint density at radius 3 is 2.54 bits per heavy atom. The third kappa shape index (κ3) is 5.62. The molecule has 2 aliphatic rings. The number of aryl methyl sites for hydroxylation is 1. The van der Waals surface area contributed by atoms with Crippen molar-refractivity contribution < 1.29 is 23.5 Å². The molecular formula is C30H28B3ClF2N8O4. The van der Waals surface area contributed by atoms with E-state index in [0.29, 0.717) is 25.5 Å². The van der Waals surface area contributed by atoms with Crippen LogP contribution in [-0.2, 0) is 18.4 Å². The third-order valence-corrected chi connectivity index (χ3v) is 9.44. The molecule has 1 saturated heterocycles. The Kier molecular flexibility index (Phi) is 8.35. The summed E-state index contributed by atoms with van der Waals surface area (Å²) in [6.45, 7) is 3.15. The van der Waals surface area contributed by atoms with Crippen molar-refractivity contribution in [2.45, 2.75) is 43.0 Å². The van der Waals surface area contributed by atoms with Crippen molar-refractivity contribution in [3.05, 3.63) is 63.4 Å². The van der Waals surface area contributed by atoms with E-state index in [-0.39, 0.29) is 33.3 Å². The molecule has 4 heterocycles. The molecular weight excluding hydrogens is 642 g/mol. The van der Waals surface area contributed by atoms with Crippen LogP contribution in [0, 0.1) is 11.6 Å². The summed E-state index contributed by atoms with van der Waals surface area (Å²) in [6.07, 6.45) is 5.35. The van der Waals surface area contributed by atoms with E-state index >= 15 is 4.39 Å². The van der Waals surface area contributed by atoms with Crippen molar-refractivity contribution in [3.8, 4) is 16.9 Å². The first-order chi connectivity index (χ1) is 22.5. The number of nitrogens with two attached hydrogens (primary N) is 1. The van der Waals surface area contributed by atoms with E-state index in [2.05, 4.69) is 15.3 Å². The standard InChI is InChI=1S/C30H28B3ClF2N8O4/c1-14-10-43(30(32,33)29(31)3-4-29)5-6-44(14)20-8-19(18(34)9-38-20)40-21(45)12-42-11-17(22-27(42)39-13-41(2)28(22)48)15-7-16(26(37)47)25(46)24(36)23(15)35/h7-9,11,13-14,46H,3-6,10,12H2,1-2H3,(H2,37,47)(H,38,40,45)/t14-/m0/s1. The predicted octanol–water partition coefficient (Wildman–Crippen LogP) is 1.79. The van der Waals surface area contributed by atoms with Crippen LogP contribution in [0.25, 0.3) is 22.2 Å². The smallest absolute Gasteiger partial charge is 0.263 e. The molecule has 4 N–H and O–H groups in total. The zero-order chi connectivity index (χ0) is 34.9. The van der Waals surface area contributed by atoms with E-state index < -0.39 is 63.1 Å². The molecule has 12 nitrogen and oxygen atoms in total. The van der Waals surface area contributed by atoms with Crippen LogP contribution in [0.5, 0.6) is 5.75 Å². The molecule has 3 aromatic heterocycles. The Morgan fingerprint density at radius 1 is 1.19 bits per heavy atom. The normalized spacial score (nSPS) is 17.9. The highest BCUT2D eigenvalue weighted by Crippen LogP contribution is 2.58. The number of carbonyl (C=O) groups is 2. The fourth-order valence-corrected chi connectivity index (χ4v) is 6.25. The van der Waals surface area contributed by atoms with Gasteiger partial charge in [0.25, 0.3) is 11.5 Å². The quantitative estimate of drug-likeness (QED) is 0.240. The number of aromatic nitrogens is 4. The van der Waals surface area contributed by atoms with Gasteiger partial charge in [-0.2, -0.15) is 4.39 Å². The Labute approximate surface area is 282 Å². The number of halogens is 3. The van der Waals surface area contributed by atoms with Gasteiger partial charge in [-0.15, -0.1) is 0 Å². The number of nitrogens with one attached hydrogen (secondary N) is 1. The van der Waals surface area contributed by atoms with Gasteiger partial charge in [0, 0.05) is 56.1 Å². The van der Waals surface area contributed by atoms with Gasteiger partial charge < -0.3 is 35.1 Å². The van der Waals surface area contributed by atoms with Crippen molar-refractivity contribution in [1.82, 2.24) is 24.0 Å². The van der Waals surface area contributed by atoms with Crippen LogP contribution in [0.1, 0.15) is 30.1 Å². The van der Waals surface area contributed by atoms with E-state index in [0.717, 1.165) is 23.5 Å². The molecule has 0 unspecified atom stereocenters. The molecule has 1 aromatic carbocycles. The number of pyridine rings is 1. The predicted molar refractivity (Wildman–Crippen MR) is 179 cm³/mol. The highest BCUT2D eigenvalue weighted by atomic mass is 35.5. The van der Waals surface area contributed by atoms with Gasteiger partial charge in [-0.1, -0.05) is 35.1 Å². The molecule has 2 amide bonds. The van der Waals surface area contributed by atoms with Crippen LogP contribution in [0.3, 0.4) is 0 Å². The maximum absolute atomic E-state index is 15.2. The second-order valence-electron chi connectivity index (χ2n) is 12.4. The number of rotatable bonds is 8. The number of phenols is 1. The summed E-state index contributed by atoms with van der Waals surface area (Å²) in [7, 11) is 20.7.